The monoisotopic (exact) mass is 400 g/mol. The predicted octanol–water partition coefficient (Wildman–Crippen LogP) is 3.30. The molecule has 158 valence electrons. The van der Waals surface area contributed by atoms with Crippen LogP contribution in [0.5, 0.6) is 0 Å². The van der Waals surface area contributed by atoms with Crippen molar-refractivity contribution in [2.75, 3.05) is 31.9 Å². The van der Waals surface area contributed by atoms with E-state index in [0.29, 0.717) is 43.9 Å². The van der Waals surface area contributed by atoms with Gasteiger partial charge in [0.15, 0.2) is 0 Å². The molecule has 1 fully saturated rings. The zero-order valence-electron chi connectivity index (χ0n) is 17.5. The Morgan fingerprint density at radius 3 is 2.04 bits per heavy atom. The number of anilines is 1. The Balaban J connectivity index is 2.16. The number of piperazine rings is 1. The molecule has 0 aliphatic carbocycles. The molecule has 2 rings (SSSR count). The van der Waals surface area contributed by atoms with Crippen molar-refractivity contribution in [3.05, 3.63) is 22.3 Å². The summed E-state index contributed by atoms with van der Waals surface area (Å²) in [4.78, 5) is 15.9. The molecule has 1 aromatic carbocycles. The molecule has 0 spiro atoms. The van der Waals surface area contributed by atoms with Gasteiger partial charge >= 0.3 is 13.1 Å². The van der Waals surface area contributed by atoms with E-state index >= 15 is 0 Å². The van der Waals surface area contributed by atoms with Crippen LogP contribution in [0.15, 0.2) is 0 Å². The summed E-state index contributed by atoms with van der Waals surface area (Å²) in [5.41, 5.74) is 6.77. The molecule has 2 N–H and O–H groups in total. The van der Waals surface area contributed by atoms with E-state index in [1.54, 1.807) is 11.8 Å². The number of nitrogens with zero attached hydrogens (tertiary/aromatic N) is 2. The average molecular weight is 400 g/mol. The number of benzene rings is 1. The predicted molar refractivity (Wildman–Crippen MR) is 107 cm³/mol. The van der Waals surface area contributed by atoms with E-state index in [1.165, 1.54) is 13.8 Å². The van der Waals surface area contributed by atoms with Crippen LogP contribution < -0.4 is 11.2 Å². The van der Waals surface area contributed by atoms with Crippen LogP contribution in [0.25, 0.3) is 0 Å². The molecule has 1 aromatic rings. The maximum absolute atomic E-state index is 13.6. The lowest BCUT2D eigenvalue weighted by Crippen LogP contribution is -2.50. The van der Waals surface area contributed by atoms with Crippen LogP contribution in [0.2, 0.25) is 0 Å². The fraction of sp³-hybridized carbons (Fsp3) is 0.632. The van der Waals surface area contributed by atoms with Crippen molar-refractivity contribution in [2.24, 2.45) is 0 Å². The first-order valence-electron chi connectivity index (χ1n) is 9.50. The molecule has 1 saturated heterocycles. The quantitative estimate of drug-likeness (QED) is 0.625. The fourth-order valence-electron chi connectivity index (χ4n) is 3.68. The number of carbonyl (C=O) groups is 1. The highest BCUT2D eigenvalue weighted by molar-refractivity contribution is 6.74. The number of carbonyl (C=O) groups excluding carboxylic acids is 1. The van der Waals surface area contributed by atoms with Gasteiger partial charge in [0.05, 0.1) is 0 Å². The highest BCUT2D eigenvalue weighted by atomic mass is 19.4. The van der Waals surface area contributed by atoms with Gasteiger partial charge in [0, 0.05) is 38.4 Å². The van der Waals surface area contributed by atoms with Crippen LogP contribution in [-0.2, 0) is 11.3 Å². The van der Waals surface area contributed by atoms with E-state index in [-0.39, 0.29) is 22.9 Å². The van der Waals surface area contributed by atoms with Crippen molar-refractivity contribution in [2.45, 2.75) is 53.7 Å². The molecule has 1 aliphatic rings. The van der Waals surface area contributed by atoms with E-state index in [0.717, 1.165) is 0 Å². The van der Waals surface area contributed by atoms with Gasteiger partial charge in [-0.15, -0.1) is 5.46 Å². The topological polar surface area (TPSA) is 58.8 Å². The summed E-state index contributed by atoms with van der Waals surface area (Å²) in [5.74, 6) is 0. The number of halogens is 3. The Hall–Kier alpha value is -1.90. The fourth-order valence-corrected chi connectivity index (χ4v) is 3.68. The number of nitrogen functional groups attached to an aromatic ring is 1. The molecular weight excluding hydrogens is 370 g/mol. The molecule has 0 radical (unpaired) electrons. The van der Waals surface area contributed by atoms with Crippen LogP contribution in [0.4, 0.5) is 23.4 Å². The zero-order valence-corrected chi connectivity index (χ0v) is 17.5. The molecule has 28 heavy (non-hydrogen) atoms. The third kappa shape index (κ3) is 4.93. The van der Waals surface area contributed by atoms with Gasteiger partial charge in [-0.1, -0.05) is 11.1 Å². The lowest BCUT2D eigenvalue weighted by atomic mass is 9.71. The van der Waals surface area contributed by atoms with Gasteiger partial charge in [-0.2, -0.15) is 0 Å². The molecule has 5 nitrogen and oxygen atoms in total. The second-order valence-electron chi connectivity index (χ2n) is 8.50. The van der Waals surface area contributed by atoms with Gasteiger partial charge in [-0.3, -0.25) is 4.90 Å². The summed E-state index contributed by atoms with van der Waals surface area (Å²) < 4.78 is 46.2. The first-order valence-corrected chi connectivity index (χ1v) is 9.50. The molecule has 1 amide bonds. The smallest absolute Gasteiger partial charge is 0.445 e. The Morgan fingerprint density at radius 2 is 1.57 bits per heavy atom. The summed E-state index contributed by atoms with van der Waals surface area (Å²) >= 11 is 0. The zero-order chi connectivity index (χ0) is 21.4. The molecule has 9 heteroatoms. The standard InChI is InChI=1S/C19H30BF3N3O2/c1-12-15(13(2)17(24)14(3)16(12)20(21,22)23)11-25-7-9-26(10-8-25)18(27)28-19(4,5)6/h7-11,24H2,1-6H3/q-1. The van der Waals surface area contributed by atoms with E-state index in [1.807, 2.05) is 20.8 Å². The van der Waals surface area contributed by atoms with E-state index < -0.39 is 18.0 Å². The number of hydrogen-bond acceptors (Lipinski definition) is 4. The largest absolute Gasteiger partial charge is 0.510 e. The maximum atomic E-state index is 13.6. The molecule has 0 bridgehead atoms. The van der Waals surface area contributed by atoms with Gasteiger partial charge in [-0.05, 0) is 52.7 Å². The van der Waals surface area contributed by atoms with E-state index in [4.69, 9.17) is 10.5 Å². The third-order valence-electron chi connectivity index (χ3n) is 5.25. The van der Waals surface area contributed by atoms with Gasteiger partial charge in [0.25, 0.3) is 0 Å². The van der Waals surface area contributed by atoms with Crippen molar-refractivity contribution in [3.63, 3.8) is 0 Å². The molecule has 0 atom stereocenters. The highest BCUT2D eigenvalue weighted by Gasteiger charge is 2.33. The number of nitrogens with two attached hydrogens (primary N) is 1. The normalized spacial score (nSPS) is 16.4. The number of rotatable bonds is 3. The number of ether oxygens (including phenoxy) is 1. The van der Waals surface area contributed by atoms with Crippen LogP contribution in [0.3, 0.4) is 0 Å². The molecule has 1 heterocycles. The summed E-state index contributed by atoms with van der Waals surface area (Å²) in [6.07, 6.45) is -0.360. The first kappa shape index (κ1) is 22.4. The second-order valence-corrected chi connectivity index (χ2v) is 8.50. The number of hydrogen-bond donors (Lipinski definition) is 1. The highest BCUT2D eigenvalue weighted by Crippen LogP contribution is 2.28. The van der Waals surface area contributed by atoms with Crippen LogP contribution in [-0.4, -0.2) is 54.7 Å². The van der Waals surface area contributed by atoms with Gasteiger partial charge in [-0.25, -0.2) is 4.79 Å². The molecule has 0 saturated carbocycles. The molecule has 0 unspecified atom stereocenters. The van der Waals surface area contributed by atoms with Crippen molar-refractivity contribution in [3.8, 4) is 0 Å². The molecule has 0 aromatic heterocycles. The summed E-state index contributed by atoms with van der Waals surface area (Å²) in [6, 6.07) is 0. The third-order valence-corrected chi connectivity index (χ3v) is 5.25. The minimum atomic E-state index is -5.14. The van der Waals surface area contributed by atoms with Crippen molar-refractivity contribution in [1.29, 1.82) is 0 Å². The molecule has 1 aliphatic heterocycles. The Bertz CT molecular complexity index is 753. The first-order chi connectivity index (χ1) is 12.7. The van der Waals surface area contributed by atoms with Crippen LogP contribution in [0, 0.1) is 20.8 Å². The van der Waals surface area contributed by atoms with Gasteiger partial charge in [0.1, 0.15) is 5.60 Å². The van der Waals surface area contributed by atoms with E-state index in [2.05, 4.69) is 4.90 Å². The lowest BCUT2D eigenvalue weighted by molar-refractivity contribution is 0.0138. The van der Waals surface area contributed by atoms with Crippen molar-refractivity contribution >= 4 is 24.2 Å². The van der Waals surface area contributed by atoms with Gasteiger partial charge in [0.2, 0.25) is 0 Å². The minimum Gasteiger partial charge on any atom is -0.445 e. The summed E-state index contributed by atoms with van der Waals surface area (Å²) in [6.45, 7) is 7.50. The second kappa shape index (κ2) is 7.85. The van der Waals surface area contributed by atoms with Gasteiger partial charge < -0.3 is 28.3 Å². The van der Waals surface area contributed by atoms with Crippen molar-refractivity contribution < 1.29 is 22.5 Å². The number of amides is 1. The SMILES string of the molecule is Cc1c(N)c(C)c([B-](F)(F)F)c(C)c1CN1CCN(C(=O)OC(C)(C)C)CC1. The van der Waals surface area contributed by atoms with Crippen LogP contribution in [0.1, 0.15) is 43.0 Å². The lowest BCUT2D eigenvalue weighted by Gasteiger charge is -2.36. The average Bonchev–Trinajstić information content (AvgIpc) is 2.54. The summed E-state index contributed by atoms with van der Waals surface area (Å²) in [7, 11) is 0. The van der Waals surface area contributed by atoms with E-state index in [9.17, 15) is 17.7 Å². The van der Waals surface area contributed by atoms with Crippen molar-refractivity contribution in [1.82, 2.24) is 9.80 Å². The van der Waals surface area contributed by atoms with Crippen LogP contribution >= 0.6 is 0 Å². The Kier molecular flexibility index (Phi) is 6.28. The Morgan fingerprint density at radius 1 is 1.04 bits per heavy atom. The maximum Gasteiger partial charge on any atom is 0.510 e. The molecular formula is C19H30BF3N3O2-. The minimum absolute atomic E-state index is 0.112. The Labute approximate surface area is 165 Å². The summed E-state index contributed by atoms with van der Waals surface area (Å²) in [5, 5.41) is 0.